The second-order valence-electron chi connectivity index (χ2n) is 23.8. The maximum atomic E-state index is 15.2. The number of hydrogen-bond acceptors (Lipinski definition) is 17. The van der Waals surface area contributed by atoms with Gasteiger partial charge in [0.25, 0.3) is 0 Å². The van der Waals surface area contributed by atoms with Crippen LogP contribution in [0.5, 0.6) is 0 Å². The van der Waals surface area contributed by atoms with E-state index in [1.54, 1.807) is 19.9 Å². The van der Waals surface area contributed by atoms with Crippen LogP contribution in [0.4, 0.5) is 0 Å². The third-order valence-corrected chi connectivity index (χ3v) is 15.6. The normalized spacial score (nSPS) is 25.0. The van der Waals surface area contributed by atoms with Crippen molar-refractivity contribution in [1.82, 2.24) is 63.0 Å². The molecule has 0 aliphatic carbocycles. The number of nitrogens with one attached hydrogen (secondary N) is 10. The molecule has 92 heavy (non-hydrogen) atoms. The van der Waals surface area contributed by atoms with Gasteiger partial charge in [-0.2, -0.15) is 0 Å². The van der Waals surface area contributed by atoms with Gasteiger partial charge in [0.2, 0.25) is 70.9 Å². The number of piperidine rings is 1. The number of allylic oxidation sites excluding steroid dienone is 1. The summed E-state index contributed by atoms with van der Waals surface area (Å²) in [5, 5.41) is 52.8. The zero-order valence-electron chi connectivity index (χ0n) is 53.8. The molecule has 12 atom stereocenters. The van der Waals surface area contributed by atoms with Gasteiger partial charge in [0, 0.05) is 32.1 Å². The van der Waals surface area contributed by atoms with Crippen molar-refractivity contribution in [1.29, 1.82) is 0 Å². The quantitative estimate of drug-likeness (QED) is 0.0277. The van der Waals surface area contributed by atoms with Crippen LogP contribution in [0.25, 0.3) is 0 Å². The number of nitrogens with two attached hydrogens (primary N) is 2. The molecular weight excluding hydrogens is 1260 g/mol. The summed E-state index contributed by atoms with van der Waals surface area (Å²) >= 11 is 0. The number of carboxylic acid groups (broad SMARTS) is 3. The van der Waals surface area contributed by atoms with Crippen LogP contribution in [-0.2, 0) is 71.9 Å². The van der Waals surface area contributed by atoms with Crippen LogP contribution in [-0.4, -0.2) is 289 Å². The van der Waals surface area contributed by atoms with Crippen molar-refractivity contribution in [2.45, 2.75) is 211 Å². The summed E-state index contributed by atoms with van der Waals surface area (Å²) in [4.78, 5) is 206. The van der Waals surface area contributed by atoms with E-state index in [1.165, 1.54) is 25.2 Å². The molecule has 0 aromatic rings. The molecule has 3 rings (SSSR count). The molecule has 3 heterocycles. The molecule has 0 radical (unpaired) electrons. The fraction of sp³-hybridized carbons (Fsp3) is 0.707. The first-order valence-electron chi connectivity index (χ1n) is 30.7. The van der Waals surface area contributed by atoms with Gasteiger partial charge in [-0.1, -0.05) is 72.0 Å². The van der Waals surface area contributed by atoms with Crippen molar-refractivity contribution in [2.75, 3.05) is 32.7 Å². The maximum Gasteiger partial charge on any atom is 2.00 e. The van der Waals surface area contributed by atoms with E-state index < -0.39 is 200 Å². The van der Waals surface area contributed by atoms with E-state index in [1.807, 2.05) is 11.4 Å². The summed E-state index contributed by atoms with van der Waals surface area (Å²) in [5.41, 5.74) is 12.2. The van der Waals surface area contributed by atoms with Crippen LogP contribution in [0.2, 0.25) is 0 Å². The third kappa shape index (κ3) is 28.0. The Morgan fingerprint density at radius 3 is 1.66 bits per heavy atom. The second kappa shape index (κ2) is 42.5. The Morgan fingerprint density at radius 2 is 1.11 bits per heavy atom. The Hall–Kier alpha value is -5.77. The Kier molecular flexibility index (Phi) is 38.9. The van der Waals surface area contributed by atoms with E-state index in [-0.39, 0.29) is 127 Å². The predicted octanol–water partition coefficient (Wildman–Crippen LogP) is -4.29. The first kappa shape index (κ1) is 84.2. The van der Waals surface area contributed by atoms with Crippen LogP contribution in [0.1, 0.15) is 145 Å². The van der Waals surface area contributed by atoms with Gasteiger partial charge in [-0.25, -0.2) is 0 Å². The first-order chi connectivity index (χ1) is 42.4. The molecule has 12 unspecified atom stereocenters. The Morgan fingerprint density at radius 1 is 0.598 bits per heavy atom. The number of aliphatic carboxylic acids is 3. The summed E-state index contributed by atoms with van der Waals surface area (Å²) < 4.78 is 0. The van der Waals surface area contributed by atoms with Crippen LogP contribution in [0, 0.1) is 17.8 Å². The number of fused-ring (bicyclic) bond motifs is 2. The average Bonchev–Trinajstić information content (AvgIpc) is 1.56. The number of carbonyl (C=O) groups is 15. The summed E-state index contributed by atoms with van der Waals surface area (Å²) in [6.45, 7) is 8.59. The minimum absolute atomic E-state index is 0. The van der Waals surface area contributed by atoms with Crippen LogP contribution in [0.3, 0.4) is 0 Å². The number of carbonyl (C=O) groups excluding carboxylic acids is 12. The smallest absolute Gasteiger partial charge is 0.481 e. The molecular formula is C58H94Ca2N14O18+4. The SMILES string of the molecule is CC(C)CCCCCCC/C=C/CC(=O)NC(CN)C(=O)NC1C(=O)N2CCCCC2C(=O)NC(C(C)C(=O)O)C(=O)NC(CC(=O)O)C(=O)NCC(=O)NC(CC(=O)O)C(=O)NCC(=O)NC(C(C)N)C(=O)NC(C(C)C)C(=O)N2CCCC2C(=O)NC1C.[Ca+2].[Ca+2]. The summed E-state index contributed by atoms with van der Waals surface area (Å²) in [7, 11) is 0. The molecule has 3 saturated heterocycles. The van der Waals surface area contributed by atoms with Gasteiger partial charge in [0.1, 0.15) is 54.4 Å². The van der Waals surface area contributed by atoms with E-state index in [0.29, 0.717) is 5.92 Å². The van der Waals surface area contributed by atoms with E-state index >= 15 is 4.79 Å². The van der Waals surface area contributed by atoms with Gasteiger partial charge < -0.3 is 89.8 Å². The van der Waals surface area contributed by atoms with E-state index in [0.717, 1.165) is 50.3 Å². The first-order valence-corrected chi connectivity index (χ1v) is 30.7. The van der Waals surface area contributed by atoms with E-state index in [9.17, 15) is 82.4 Å². The van der Waals surface area contributed by atoms with Crippen molar-refractivity contribution < 1.29 is 87.2 Å². The molecule has 0 saturated carbocycles. The van der Waals surface area contributed by atoms with Gasteiger partial charge >= 0.3 is 93.4 Å². The number of unbranched alkanes of at least 4 members (excludes halogenated alkanes) is 5. The molecule has 0 aromatic carbocycles. The number of rotatable bonds is 22. The number of hydrogen-bond donors (Lipinski definition) is 15. The Labute approximate surface area is 595 Å². The Balaban J connectivity index is 0.0000212. The largest absolute Gasteiger partial charge is 2.00 e. The molecule has 3 aliphatic rings. The molecule has 0 aromatic heterocycles. The molecule has 3 aliphatic heterocycles. The monoisotopic (exact) mass is 1350 g/mol. The molecule has 0 bridgehead atoms. The van der Waals surface area contributed by atoms with Crippen molar-refractivity contribution in [3.63, 3.8) is 0 Å². The van der Waals surface area contributed by atoms with Gasteiger partial charge in [-0.05, 0) is 77.6 Å². The maximum absolute atomic E-state index is 15.2. The van der Waals surface area contributed by atoms with Crippen molar-refractivity contribution in [3.05, 3.63) is 12.2 Å². The summed E-state index contributed by atoms with van der Waals surface area (Å²) in [6.07, 6.45) is 9.14. The summed E-state index contributed by atoms with van der Waals surface area (Å²) in [5.74, 6) is -19.3. The Bertz CT molecular complexity index is 2630. The fourth-order valence-electron chi connectivity index (χ4n) is 10.4. The van der Waals surface area contributed by atoms with Gasteiger partial charge in [0.05, 0.1) is 37.9 Å². The van der Waals surface area contributed by atoms with Crippen LogP contribution in [0.15, 0.2) is 12.2 Å². The second-order valence-corrected chi connectivity index (χ2v) is 23.8. The number of amides is 12. The molecule has 34 heteroatoms. The van der Waals surface area contributed by atoms with Crippen molar-refractivity contribution in [2.24, 2.45) is 29.2 Å². The molecule has 3 fully saturated rings. The minimum atomic E-state index is -2.10. The predicted molar refractivity (Wildman–Crippen MR) is 332 cm³/mol. The molecule has 32 nitrogen and oxygen atoms in total. The topological polar surface area (TPSA) is 496 Å². The van der Waals surface area contributed by atoms with Gasteiger partial charge in [0.15, 0.2) is 0 Å². The number of nitrogens with zero attached hydrogens (tertiary/aromatic N) is 2. The average molecular weight is 1360 g/mol. The molecule has 17 N–H and O–H groups in total. The van der Waals surface area contributed by atoms with Crippen molar-refractivity contribution in [3.8, 4) is 0 Å². The third-order valence-electron chi connectivity index (χ3n) is 15.6. The minimum Gasteiger partial charge on any atom is -0.481 e. The zero-order valence-corrected chi connectivity index (χ0v) is 58.2. The van der Waals surface area contributed by atoms with Crippen LogP contribution >= 0.6 is 0 Å². The number of carboxylic acids is 3. The fourth-order valence-corrected chi connectivity index (χ4v) is 10.4. The zero-order chi connectivity index (χ0) is 67.5. The standard InChI is InChI=1S/C58H94N14O18.2Ca/c1-30(2)19-14-12-10-8-9-11-13-15-22-40(73)65-37(27-59)51(82)70-48-34(7)63-52(83)39-21-18-24-72(39)56(87)45(31(3)4)68-55(86)47(33(6)60)67-42(75)29-62-49(80)35(25-43(76)77)64-41(74)28-61-50(81)36(26-44(78)79)66-54(85)46(32(5)58(89)90)69-53(84)38-20-16-17-23-71(38)57(48)88;;/h13,15,30-39,45-48H,8-12,14,16-29,59-60H2,1-7H3,(H,61,81)(H,62,80)(H,63,83)(H,64,74)(H,65,73)(H,66,85)(H,67,75)(H,68,86)(H,69,84)(H,70,82)(H,76,77)(H,78,79)(H,89,90);;/q;2*+2/b15-13+;;. The van der Waals surface area contributed by atoms with Gasteiger partial charge in [-0.15, -0.1) is 0 Å². The van der Waals surface area contributed by atoms with Crippen LogP contribution < -0.4 is 64.6 Å². The van der Waals surface area contributed by atoms with E-state index in [2.05, 4.69) is 61.7 Å². The van der Waals surface area contributed by atoms with E-state index in [4.69, 9.17) is 11.5 Å². The molecule has 12 amide bonds. The molecule has 504 valence electrons. The molecule has 0 spiro atoms. The summed E-state index contributed by atoms with van der Waals surface area (Å²) in [6, 6.07) is -17.6. The van der Waals surface area contributed by atoms with Gasteiger partial charge in [-0.3, -0.25) is 71.9 Å². The van der Waals surface area contributed by atoms with Crippen molar-refractivity contribution >= 4 is 164 Å².